The standard InChI is InChI=1S/C16H16F3N3O/c1-15(2,3)12-8-20-13(23-12)9-22-11-7-5-4-6-10(11)21-14(22)16(17,18)19/h4-8H,9H2,1-3H3. The van der Waals surface area contributed by atoms with Crippen molar-refractivity contribution in [3.8, 4) is 0 Å². The summed E-state index contributed by atoms with van der Waals surface area (Å²) in [4.78, 5) is 7.81. The molecule has 0 amide bonds. The van der Waals surface area contributed by atoms with E-state index in [1.807, 2.05) is 20.8 Å². The van der Waals surface area contributed by atoms with Gasteiger partial charge in [-0.25, -0.2) is 9.97 Å². The fraction of sp³-hybridized carbons (Fsp3) is 0.375. The van der Waals surface area contributed by atoms with Crippen molar-refractivity contribution >= 4 is 11.0 Å². The molecule has 122 valence electrons. The molecule has 23 heavy (non-hydrogen) atoms. The van der Waals surface area contributed by atoms with E-state index in [1.54, 1.807) is 30.5 Å². The molecule has 7 heteroatoms. The first kappa shape index (κ1) is 15.6. The fourth-order valence-electron chi connectivity index (χ4n) is 2.32. The lowest BCUT2D eigenvalue weighted by Gasteiger charge is -2.13. The van der Waals surface area contributed by atoms with Crippen LogP contribution >= 0.6 is 0 Å². The molecule has 1 aromatic carbocycles. The number of para-hydroxylation sites is 2. The van der Waals surface area contributed by atoms with Gasteiger partial charge in [-0.15, -0.1) is 0 Å². The van der Waals surface area contributed by atoms with Gasteiger partial charge < -0.3 is 8.98 Å². The molecule has 0 atom stereocenters. The molecule has 2 aromatic heterocycles. The zero-order valence-electron chi connectivity index (χ0n) is 13.0. The number of benzene rings is 1. The summed E-state index contributed by atoms with van der Waals surface area (Å²) in [5.41, 5.74) is 0.438. The highest BCUT2D eigenvalue weighted by molar-refractivity contribution is 5.76. The first-order valence-corrected chi connectivity index (χ1v) is 7.14. The Balaban J connectivity index is 2.07. The number of imidazole rings is 1. The predicted molar refractivity (Wildman–Crippen MR) is 79.0 cm³/mol. The van der Waals surface area contributed by atoms with E-state index in [0.717, 1.165) is 4.57 Å². The third-order valence-corrected chi connectivity index (χ3v) is 3.49. The summed E-state index contributed by atoms with van der Waals surface area (Å²) in [6.07, 6.45) is -2.99. The molecule has 0 fully saturated rings. The third-order valence-electron chi connectivity index (χ3n) is 3.49. The zero-order chi connectivity index (χ0) is 16.8. The minimum atomic E-state index is -4.54. The van der Waals surface area contributed by atoms with E-state index in [1.165, 1.54) is 0 Å². The number of nitrogens with zero attached hydrogens (tertiary/aromatic N) is 3. The normalized spacial score (nSPS) is 13.0. The van der Waals surface area contributed by atoms with Crippen LogP contribution in [-0.4, -0.2) is 14.5 Å². The van der Waals surface area contributed by atoms with Crippen molar-refractivity contribution in [2.45, 2.75) is 38.9 Å². The van der Waals surface area contributed by atoms with Gasteiger partial charge in [-0.1, -0.05) is 32.9 Å². The summed E-state index contributed by atoms with van der Waals surface area (Å²) < 4.78 is 46.5. The van der Waals surface area contributed by atoms with Crippen molar-refractivity contribution in [2.75, 3.05) is 0 Å². The van der Waals surface area contributed by atoms with Crippen LogP contribution in [0.15, 0.2) is 34.9 Å². The average molecular weight is 323 g/mol. The number of hydrogen-bond acceptors (Lipinski definition) is 3. The van der Waals surface area contributed by atoms with E-state index in [0.29, 0.717) is 16.8 Å². The molecule has 0 unspecified atom stereocenters. The van der Waals surface area contributed by atoms with Crippen LogP contribution in [0.1, 0.15) is 38.2 Å². The zero-order valence-corrected chi connectivity index (χ0v) is 13.0. The summed E-state index contributed by atoms with van der Waals surface area (Å²) in [6.45, 7) is 5.73. The topological polar surface area (TPSA) is 43.9 Å². The maximum absolute atomic E-state index is 13.2. The first-order valence-electron chi connectivity index (χ1n) is 7.14. The highest BCUT2D eigenvalue weighted by atomic mass is 19.4. The lowest BCUT2D eigenvalue weighted by molar-refractivity contribution is -0.146. The number of hydrogen-bond donors (Lipinski definition) is 0. The monoisotopic (exact) mass is 323 g/mol. The Morgan fingerprint density at radius 1 is 1.13 bits per heavy atom. The minimum Gasteiger partial charge on any atom is -0.443 e. The molecule has 0 saturated carbocycles. The minimum absolute atomic E-state index is 0.120. The van der Waals surface area contributed by atoms with Gasteiger partial charge in [0.1, 0.15) is 12.3 Å². The molecular weight excluding hydrogens is 307 g/mol. The smallest absolute Gasteiger partial charge is 0.443 e. The van der Waals surface area contributed by atoms with Crippen molar-refractivity contribution in [3.63, 3.8) is 0 Å². The van der Waals surface area contributed by atoms with Crippen LogP contribution in [0, 0.1) is 0 Å². The van der Waals surface area contributed by atoms with Crippen LogP contribution in [0.2, 0.25) is 0 Å². The van der Waals surface area contributed by atoms with Crippen molar-refractivity contribution < 1.29 is 17.6 Å². The maximum Gasteiger partial charge on any atom is 0.449 e. The van der Waals surface area contributed by atoms with Crippen LogP contribution in [0.3, 0.4) is 0 Å². The van der Waals surface area contributed by atoms with Crippen LogP contribution in [0.25, 0.3) is 11.0 Å². The summed E-state index contributed by atoms with van der Waals surface area (Å²) in [5.74, 6) is -0.0942. The van der Waals surface area contributed by atoms with Gasteiger partial charge in [0.2, 0.25) is 11.7 Å². The van der Waals surface area contributed by atoms with Crippen LogP contribution in [-0.2, 0) is 18.1 Å². The fourth-order valence-corrected chi connectivity index (χ4v) is 2.32. The molecule has 0 saturated heterocycles. The number of rotatable bonds is 2. The van der Waals surface area contributed by atoms with E-state index >= 15 is 0 Å². The Morgan fingerprint density at radius 3 is 2.43 bits per heavy atom. The van der Waals surface area contributed by atoms with Crippen LogP contribution in [0.4, 0.5) is 13.2 Å². The van der Waals surface area contributed by atoms with E-state index in [9.17, 15) is 13.2 Å². The molecule has 0 radical (unpaired) electrons. The molecule has 0 N–H and O–H groups in total. The van der Waals surface area contributed by atoms with Gasteiger partial charge in [-0.2, -0.15) is 13.2 Å². The van der Waals surface area contributed by atoms with Crippen molar-refractivity contribution in [1.82, 2.24) is 14.5 Å². The molecule has 4 nitrogen and oxygen atoms in total. The Morgan fingerprint density at radius 2 is 1.83 bits per heavy atom. The summed E-state index contributed by atoms with van der Waals surface area (Å²) in [5, 5.41) is 0. The highest BCUT2D eigenvalue weighted by Crippen LogP contribution is 2.32. The summed E-state index contributed by atoms with van der Waals surface area (Å²) in [7, 11) is 0. The van der Waals surface area contributed by atoms with Gasteiger partial charge >= 0.3 is 6.18 Å². The quantitative estimate of drug-likeness (QED) is 0.702. The number of alkyl halides is 3. The summed E-state index contributed by atoms with van der Waals surface area (Å²) in [6, 6.07) is 6.49. The van der Waals surface area contributed by atoms with Crippen molar-refractivity contribution in [3.05, 3.63) is 47.9 Å². The van der Waals surface area contributed by atoms with Crippen molar-refractivity contribution in [2.24, 2.45) is 0 Å². The van der Waals surface area contributed by atoms with E-state index in [2.05, 4.69) is 9.97 Å². The van der Waals surface area contributed by atoms with E-state index < -0.39 is 12.0 Å². The number of halogens is 3. The molecular formula is C16H16F3N3O. The lowest BCUT2D eigenvalue weighted by atomic mass is 9.94. The lowest BCUT2D eigenvalue weighted by Crippen LogP contribution is -2.15. The Kier molecular flexibility index (Phi) is 3.46. The van der Waals surface area contributed by atoms with Gasteiger partial charge in [0.25, 0.3) is 0 Å². The molecule has 0 spiro atoms. The Hall–Kier alpha value is -2.31. The van der Waals surface area contributed by atoms with E-state index in [4.69, 9.17) is 4.42 Å². The second kappa shape index (κ2) is 5.11. The maximum atomic E-state index is 13.2. The first-order chi connectivity index (χ1) is 10.7. The molecule has 0 aliphatic heterocycles. The average Bonchev–Trinajstić information content (AvgIpc) is 3.03. The molecule has 0 aliphatic carbocycles. The van der Waals surface area contributed by atoms with Gasteiger partial charge in [0.15, 0.2) is 0 Å². The van der Waals surface area contributed by atoms with Crippen molar-refractivity contribution in [1.29, 1.82) is 0 Å². The predicted octanol–water partition coefficient (Wildman–Crippen LogP) is 4.39. The number of fused-ring (bicyclic) bond motifs is 1. The van der Waals surface area contributed by atoms with Gasteiger partial charge in [-0.3, -0.25) is 0 Å². The summed E-state index contributed by atoms with van der Waals surface area (Å²) >= 11 is 0. The number of oxazole rings is 1. The highest BCUT2D eigenvalue weighted by Gasteiger charge is 2.38. The molecule has 0 aliphatic rings. The Labute approximate surface area is 131 Å². The SMILES string of the molecule is CC(C)(C)c1cnc(Cn2c(C(F)(F)F)nc3ccccc32)o1. The van der Waals surface area contributed by atoms with Gasteiger partial charge in [-0.05, 0) is 12.1 Å². The van der Waals surface area contributed by atoms with Gasteiger partial charge in [0, 0.05) is 5.41 Å². The molecule has 2 heterocycles. The second-order valence-corrected chi connectivity index (χ2v) is 6.38. The largest absolute Gasteiger partial charge is 0.449 e. The Bertz CT molecular complexity index is 840. The van der Waals surface area contributed by atoms with E-state index in [-0.39, 0.29) is 17.9 Å². The third kappa shape index (κ3) is 2.95. The second-order valence-electron chi connectivity index (χ2n) is 6.38. The molecule has 3 rings (SSSR count). The molecule has 3 aromatic rings. The van der Waals surface area contributed by atoms with Crippen LogP contribution < -0.4 is 0 Å². The van der Waals surface area contributed by atoms with Gasteiger partial charge in [0.05, 0.1) is 17.2 Å². The number of aromatic nitrogens is 3. The van der Waals surface area contributed by atoms with Crippen LogP contribution in [0.5, 0.6) is 0 Å². The molecule has 0 bridgehead atoms.